The molecule has 0 fully saturated rings. The Morgan fingerprint density at radius 1 is 1.45 bits per heavy atom. The summed E-state index contributed by atoms with van der Waals surface area (Å²) in [4.78, 5) is 21.3. The van der Waals surface area contributed by atoms with Gasteiger partial charge in [0.2, 0.25) is 0 Å². The van der Waals surface area contributed by atoms with Gasteiger partial charge in [0.1, 0.15) is 10.7 Å². The van der Waals surface area contributed by atoms with E-state index in [9.17, 15) is 9.00 Å². The molecule has 2 aromatic rings. The van der Waals surface area contributed by atoms with Gasteiger partial charge in [0.25, 0.3) is 5.56 Å². The molecule has 0 bridgehead atoms. The number of rotatable bonds is 5. The first kappa shape index (κ1) is 15.3. The molecule has 0 aliphatic heterocycles. The summed E-state index contributed by atoms with van der Waals surface area (Å²) in [5, 5.41) is 3.95. The topological polar surface area (TPSA) is 74.8 Å². The Balaban J connectivity index is 2.16. The predicted octanol–water partition coefficient (Wildman–Crippen LogP) is 1.46. The third-order valence-electron chi connectivity index (χ3n) is 3.38. The van der Waals surface area contributed by atoms with Crippen molar-refractivity contribution in [1.82, 2.24) is 15.3 Å². The highest BCUT2D eigenvalue weighted by atomic mass is 32.2. The number of hydrogen-bond donors (Lipinski definition) is 2. The van der Waals surface area contributed by atoms with Crippen LogP contribution in [0.1, 0.15) is 23.2 Å². The average molecular weight is 313 g/mol. The molecule has 0 saturated heterocycles. The molecular formula is C13H19N3O2S2. The zero-order chi connectivity index (χ0) is 14.9. The molecule has 0 saturated carbocycles. The monoisotopic (exact) mass is 313 g/mol. The Bertz CT molecular complexity index is 705. The van der Waals surface area contributed by atoms with Gasteiger partial charge in [0, 0.05) is 33.7 Å². The molecule has 20 heavy (non-hydrogen) atoms. The van der Waals surface area contributed by atoms with Crippen LogP contribution in [0.4, 0.5) is 0 Å². The fourth-order valence-corrected chi connectivity index (χ4v) is 3.30. The fourth-order valence-electron chi connectivity index (χ4n) is 1.89. The third-order valence-corrected chi connectivity index (χ3v) is 5.78. The number of nitrogens with one attached hydrogen (secondary N) is 2. The summed E-state index contributed by atoms with van der Waals surface area (Å²) in [5.41, 5.74) is 0.925. The van der Waals surface area contributed by atoms with Gasteiger partial charge in [-0.2, -0.15) is 0 Å². The van der Waals surface area contributed by atoms with Crippen molar-refractivity contribution < 1.29 is 4.21 Å². The second kappa shape index (κ2) is 6.15. The first-order chi connectivity index (χ1) is 9.40. The third kappa shape index (κ3) is 3.16. The second-order valence-electron chi connectivity index (χ2n) is 4.92. The zero-order valence-corrected chi connectivity index (χ0v) is 13.7. The van der Waals surface area contributed by atoms with E-state index >= 15 is 0 Å². The Hall–Kier alpha value is -1.05. The lowest BCUT2D eigenvalue weighted by atomic mass is 10.2. The van der Waals surface area contributed by atoms with Crippen LogP contribution in [-0.2, 0) is 17.3 Å². The lowest BCUT2D eigenvalue weighted by Crippen LogP contribution is -2.28. The summed E-state index contributed by atoms with van der Waals surface area (Å²) in [5.74, 6) is 0.623. The van der Waals surface area contributed by atoms with Gasteiger partial charge in [-0.3, -0.25) is 9.00 Å². The van der Waals surface area contributed by atoms with Gasteiger partial charge >= 0.3 is 0 Å². The smallest absolute Gasteiger partial charge is 0.259 e. The number of H-pyrrole nitrogens is 1. The normalized spacial score (nSPS) is 14.6. The van der Waals surface area contributed by atoms with Crippen molar-refractivity contribution in [2.45, 2.75) is 32.6 Å². The van der Waals surface area contributed by atoms with Crippen LogP contribution in [0.5, 0.6) is 0 Å². The lowest BCUT2D eigenvalue weighted by Gasteiger charge is -2.09. The number of thiophene rings is 1. The SMILES string of the molecule is Cc1sc2nc(CNCC(C)S(C)=O)[nH]c(=O)c2c1C. The molecular weight excluding hydrogens is 294 g/mol. The predicted molar refractivity (Wildman–Crippen MR) is 84.9 cm³/mol. The second-order valence-corrected chi connectivity index (χ2v) is 7.92. The van der Waals surface area contributed by atoms with Gasteiger partial charge in [-0.05, 0) is 26.3 Å². The van der Waals surface area contributed by atoms with Crippen molar-refractivity contribution in [2.24, 2.45) is 0 Å². The molecule has 0 spiro atoms. The van der Waals surface area contributed by atoms with E-state index in [0.717, 1.165) is 15.3 Å². The summed E-state index contributed by atoms with van der Waals surface area (Å²) in [7, 11) is -0.847. The highest BCUT2D eigenvalue weighted by Gasteiger charge is 2.12. The van der Waals surface area contributed by atoms with E-state index in [-0.39, 0.29) is 10.8 Å². The summed E-state index contributed by atoms with van der Waals surface area (Å²) in [6.07, 6.45) is 1.69. The molecule has 0 aromatic carbocycles. The van der Waals surface area contributed by atoms with E-state index in [2.05, 4.69) is 15.3 Å². The Labute approximate surface area is 124 Å². The molecule has 0 aliphatic carbocycles. The summed E-state index contributed by atoms with van der Waals surface area (Å²) < 4.78 is 11.3. The number of fused-ring (bicyclic) bond motifs is 1. The summed E-state index contributed by atoms with van der Waals surface area (Å²) >= 11 is 1.54. The molecule has 0 radical (unpaired) electrons. The van der Waals surface area contributed by atoms with Crippen molar-refractivity contribution >= 4 is 32.4 Å². The Morgan fingerprint density at radius 3 is 2.80 bits per heavy atom. The molecule has 0 amide bonds. The quantitative estimate of drug-likeness (QED) is 0.876. The van der Waals surface area contributed by atoms with E-state index in [1.807, 2.05) is 20.8 Å². The minimum Gasteiger partial charge on any atom is -0.309 e. The maximum absolute atomic E-state index is 12.1. The van der Waals surface area contributed by atoms with Crippen LogP contribution < -0.4 is 10.9 Å². The Kier molecular flexibility index (Phi) is 4.72. The van der Waals surface area contributed by atoms with Gasteiger partial charge in [-0.1, -0.05) is 0 Å². The standard InChI is InChI=1S/C13H19N3O2S2/c1-7(20(4)18)5-14-6-10-15-12(17)11-8(2)9(3)19-13(11)16-10/h7,14H,5-6H2,1-4H3,(H,15,16,17). The van der Waals surface area contributed by atoms with Gasteiger partial charge in [0.15, 0.2) is 0 Å². The van der Waals surface area contributed by atoms with Gasteiger partial charge in [0.05, 0.1) is 11.9 Å². The van der Waals surface area contributed by atoms with Crippen molar-refractivity contribution in [3.63, 3.8) is 0 Å². The first-order valence-electron chi connectivity index (χ1n) is 6.42. The van der Waals surface area contributed by atoms with E-state index in [1.54, 1.807) is 17.6 Å². The zero-order valence-electron chi connectivity index (χ0n) is 12.1. The average Bonchev–Trinajstić information content (AvgIpc) is 2.65. The molecule has 5 nitrogen and oxygen atoms in total. The highest BCUT2D eigenvalue weighted by Crippen LogP contribution is 2.25. The molecule has 2 rings (SSSR count). The molecule has 2 heterocycles. The minimum atomic E-state index is -0.847. The molecule has 2 atom stereocenters. The van der Waals surface area contributed by atoms with Crippen LogP contribution in [0.3, 0.4) is 0 Å². The van der Waals surface area contributed by atoms with E-state index in [4.69, 9.17) is 0 Å². The highest BCUT2D eigenvalue weighted by molar-refractivity contribution is 7.84. The summed E-state index contributed by atoms with van der Waals surface area (Å²) in [6, 6.07) is 0. The number of aromatic nitrogens is 2. The van der Waals surface area contributed by atoms with Gasteiger partial charge in [-0.25, -0.2) is 4.98 Å². The van der Waals surface area contributed by atoms with E-state index in [0.29, 0.717) is 24.3 Å². The fraction of sp³-hybridized carbons (Fsp3) is 0.538. The van der Waals surface area contributed by atoms with Crippen molar-refractivity contribution in [3.05, 3.63) is 26.6 Å². The van der Waals surface area contributed by atoms with Crippen molar-refractivity contribution in [1.29, 1.82) is 0 Å². The maximum atomic E-state index is 12.1. The molecule has 2 aromatic heterocycles. The van der Waals surface area contributed by atoms with Crippen molar-refractivity contribution in [2.75, 3.05) is 12.8 Å². The van der Waals surface area contributed by atoms with Crippen LogP contribution in [-0.4, -0.2) is 32.2 Å². The molecule has 110 valence electrons. The van der Waals surface area contributed by atoms with E-state index < -0.39 is 10.8 Å². The number of aryl methyl sites for hydroxylation is 2. The van der Waals surface area contributed by atoms with Crippen molar-refractivity contribution in [3.8, 4) is 0 Å². The molecule has 2 unspecified atom stereocenters. The lowest BCUT2D eigenvalue weighted by molar-refractivity contribution is 0.634. The van der Waals surface area contributed by atoms with Crippen LogP contribution >= 0.6 is 11.3 Å². The van der Waals surface area contributed by atoms with Gasteiger partial charge in [-0.15, -0.1) is 11.3 Å². The van der Waals surface area contributed by atoms with Crippen LogP contribution in [0.25, 0.3) is 10.2 Å². The summed E-state index contributed by atoms with van der Waals surface area (Å²) in [6.45, 7) is 6.98. The largest absolute Gasteiger partial charge is 0.309 e. The molecule has 7 heteroatoms. The molecule has 2 N–H and O–H groups in total. The Morgan fingerprint density at radius 2 is 2.15 bits per heavy atom. The number of nitrogens with zero attached hydrogens (tertiary/aromatic N) is 1. The van der Waals surface area contributed by atoms with Gasteiger partial charge < -0.3 is 10.3 Å². The van der Waals surface area contributed by atoms with Crippen LogP contribution in [0.15, 0.2) is 4.79 Å². The first-order valence-corrected chi connectivity index (χ1v) is 8.85. The molecule has 0 aliphatic rings. The van der Waals surface area contributed by atoms with Crippen LogP contribution in [0, 0.1) is 13.8 Å². The van der Waals surface area contributed by atoms with E-state index in [1.165, 1.54) is 0 Å². The number of hydrogen-bond acceptors (Lipinski definition) is 5. The van der Waals surface area contributed by atoms with Crippen LogP contribution in [0.2, 0.25) is 0 Å². The number of aromatic amines is 1. The minimum absolute atomic E-state index is 0.0803. The maximum Gasteiger partial charge on any atom is 0.259 e.